The maximum Gasteiger partial charge on any atom is 0.0575 e. The van der Waals surface area contributed by atoms with E-state index in [1.54, 1.807) is 0 Å². The predicted octanol–water partition coefficient (Wildman–Crippen LogP) is 1.55. The second kappa shape index (κ2) is 3.35. The topological polar surface area (TPSA) is 40.5 Å². The standard InChI is InChI=1S/C10H20O2/c1-10(2,3)8-6-7(11)4-5-9(8)12/h7-9,11-12H,4-6H2,1-3H3/t7-,8+,9+/m0/s1. The molecule has 0 heterocycles. The van der Waals surface area contributed by atoms with Gasteiger partial charge in [0.25, 0.3) is 0 Å². The van der Waals surface area contributed by atoms with Gasteiger partial charge < -0.3 is 10.2 Å². The number of rotatable bonds is 0. The number of hydrogen-bond acceptors (Lipinski definition) is 2. The molecule has 1 aliphatic carbocycles. The molecule has 1 saturated carbocycles. The summed E-state index contributed by atoms with van der Waals surface area (Å²) in [5.74, 6) is 0.251. The Kier molecular flexibility index (Phi) is 2.79. The van der Waals surface area contributed by atoms with Crippen molar-refractivity contribution in [2.45, 2.75) is 52.2 Å². The second-order valence-electron chi connectivity index (χ2n) is 5.01. The molecule has 2 N–H and O–H groups in total. The summed E-state index contributed by atoms with van der Waals surface area (Å²) in [6, 6.07) is 0. The van der Waals surface area contributed by atoms with Crippen molar-refractivity contribution in [1.29, 1.82) is 0 Å². The normalized spacial score (nSPS) is 38.2. The molecule has 0 unspecified atom stereocenters. The van der Waals surface area contributed by atoms with Gasteiger partial charge in [-0.2, -0.15) is 0 Å². The number of aliphatic hydroxyl groups is 2. The molecule has 0 saturated heterocycles. The van der Waals surface area contributed by atoms with Crippen LogP contribution in [0.15, 0.2) is 0 Å². The van der Waals surface area contributed by atoms with E-state index in [-0.39, 0.29) is 23.5 Å². The molecule has 0 aromatic carbocycles. The van der Waals surface area contributed by atoms with Gasteiger partial charge in [0, 0.05) is 0 Å². The lowest BCUT2D eigenvalue weighted by atomic mass is 9.70. The summed E-state index contributed by atoms with van der Waals surface area (Å²) >= 11 is 0. The Balaban J connectivity index is 2.61. The van der Waals surface area contributed by atoms with E-state index in [1.807, 2.05) is 0 Å². The van der Waals surface area contributed by atoms with Gasteiger partial charge in [-0.1, -0.05) is 20.8 Å². The molecule has 0 bridgehead atoms. The van der Waals surface area contributed by atoms with Crippen LogP contribution in [0.1, 0.15) is 40.0 Å². The zero-order chi connectivity index (χ0) is 9.35. The van der Waals surface area contributed by atoms with Crippen molar-refractivity contribution < 1.29 is 10.2 Å². The molecule has 0 amide bonds. The molecule has 0 aromatic rings. The minimum atomic E-state index is -0.214. The van der Waals surface area contributed by atoms with Crippen molar-refractivity contribution in [1.82, 2.24) is 0 Å². The largest absolute Gasteiger partial charge is 0.393 e. The average Bonchev–Trinajstić information content (AvgIpc) is 1.92. The Bertz CT molecular complexity index is 148. The fraction of sp³-hybridized carbons (Fsp3) is 1.00. The third-order valence-corrected chi connectivity index (χ3v) is 2.90. The Labute approximate surface area is 74.6 Å². The van der Waals surface area contributed by atoms with Gasteiger partial charge in [0.15, 0.2) is 0 Å². The Morgan fingerprint density at radius 2 is 1.67 bits per heavy atom. The first-order valence-electron chi connectivity index (χ1n) is 4.77. The fourth-order valence-corrected chi connectivity index (χ4v) is 2.06. The van der Waals surface area contributed by atoms with Crippen LogP contribution >= 0.6 is 0 Å². The van der Waals surface area contributed by atoms with Crippen LogP contribution in [0, 0.1) is 11.3 Å². The van der Waals surface area contributed by atoms with Crippen molar-refractivity contribution in [3.05, 3.63) is 0 Å². The van der Waals surface area contributed by atoms with Crippen molar-refractivity contribution in [3.63, 3.8) is 0 Å². The van der Waals surface area contributed by atoms with Crippen molar-refractivity contribution >= 4 is 0 Å². The minimum Gasteiger partial charge on any atom is -0.393 e. The molecule has 0 aromatic heterocycles. The molecule has 2 nitrogen and oxygen atoms in total. The number of aliphatic hydroxyl groups excluding tert-OH is 2. The molecule has 0 aliphatic heterocycles. The summed E-state index contributed by atoms with van der Waals surface area (Å²) < 4.78 is 0. The average molecular weight is 172 g/mol. The Morgan fingerprint density at radius 3 is 2.08 bits per heavy atom. The van der Waals surface area contributed by atoms with Crippen LogP contribution in [-0.2, 0) is 0 Å². The van der Waals surface area contributed by atoms with E-state index in [4.69, 9.17) is 0 Å². The van der Waals surface area contributed by atoms with Gasteiger partial charge in [-0.15, -0.1) is 0 Å². The van der Waals surface area contributed by atoms with E-state index in [1.165, 1.54) is 0 Å². The van der Waals surface area contributed by atoms with Crippen molar-refractivity contribution in [3.8, 4) is 0 Å². The first-order valence-corrected chi connectivity index (χ1v) is 4.77. The molecule has 1 aliphatic rings. The molecule has 1 fully saturated rings. The highest BCUT2D eigenvalue weighted by Crippen LogP contribution is 2.37. The summed E-state index contributed by atoms with van der Waals surface area (Å²) in [4.78, 5) is 0. The minimum absolute atomic E-state index is 0.112. The fourth-order valence-electron chi connectivity index (χ4n) is 2.06. The van der Waals surface area contributed by atoms with Crippen LogP contribution in [0.2, 0.25) is 0 Å². The first kappa shape index (κ1) is 10.0. The van der Waals surface area contributed by atoms with Crippen molar-refractivity contribution in [2.75, 3.05) is 0 Å². The molecule has 1 rings (SSSR count). The van der Waals surface area contributed by atoms with Gasteiger partial charge in [0.05, 0.1) is 12.2 Å². The molecule has 12 heavy (non-hydrogen) atoms. The van der Waals surface area contributed by atoms with Gasteiger partial charge in [-0.3, -0.25) is 0 Å². The smallest absolute Gasteiger partial charge is 0.0575 e. The number of hydrogen-bond donors (Lipinski definition) is 2. The van der Waals surface area contributed by atoms with Crippen LogP contribution in [-0.4, -0.2) is 22.4 Å². The molecular weight excluding hydrogens is 152 g/mol. The zero-order valence-corrected chi connectivity index (χ0v) is 8.25. The highest BCUT2D eigenvalue weighted by atomic mass is 16.3. The quantitative estimate of drug-likeness (QED) is 0.582. The summed E-state index contributed by atoms with van der Waals surface area (Å²) in [6.07, 6.45) is 1.85. The van der Waals surface area contributed by atoms with Crippen LogP contribution in [0.5, 0.6) is 0 Å². The van der Waals surface area contributed by atoms with Gasteiger partial charge in [0.2, 0.25) is 0 Å². The molecular formula is C10H20O2. The maximum absolute atomic E-state index is 9.71. The second-order valence-corrected chi connectivity index (χ2v) is 5.01. The Morgan fingerprint density at radius 1 is 1.08 bits per heavy atom. The summed E-state index contributed by atoms with van der Waals surface area (Å²) in [5, 5.41) is 19.2. The van der Waals surface area contributed by atoms with Gasteiger partial charge >= 0.3 is 0 Å². The summed E-state index contributed by atoms with van der Waals surface area (Å²) in [5.41, 5.74) is 0.112. The molecule has 3 atom stereocenters. The van der Waals surface area contributed by atoms with E-state index >= 15 is 0 Å². The molecule has 72 valence electrons. The first-order chi connectivity index (χ1) is 5.41. The van der Waals surface area contributed by atoms with Gasteiger partial charge in [-0.05, 0) is 30.6 Å². The monoisotopic (exact) mass is 172 g/mol. The summed E-state index contributed by atoms with van der Waals surface area (Å²) in [6.45, 7) is 6.37. The lowest BCUT2D eigenvalue weighted by molar-refractivity contribution is -0.0367. The van der Waals surface area contributed by atoms with Crippen LogP contribution in [0.25, 0.3) is 0 Å². The van der Waals surface area contributed by atoms with Crippen LogP contribution in [0.3, 0.4) is 0 Å². The highest BCUT2D eigenvalue weighted by Gasteiger charge is 2.35. The van der Waals surface area contributed by atoms with Crippen LogP contribution < -0.4 is 0 Å². The van der Waals surface area contributed by atoms with E-state index in [2.05, 4.69) is 20.8 Å². The van der Waals surface area contributed by atoms with E-state index in [9.17, 15) is 10.2 Å². The lowest BCUT2D eigenvalue weighted by Gasteiger charge is -2.39. The maximum atomic E-state index is 9.71. The lowest BCUT2D eigenvalue weighted by Crippen LogP contribution is -2.39. The van der Waals surface area contributed by atoms with E-state index in [0.29, 0.717) is 0 Å². The SMILES string of the molecule is CC(C)(C)[C@@H]1C[C@@H](O)CC[C@H]1O. The van der Waals surface area contributed by atoms with Gasteiger partial charge in [-0.25, -0.2) is 0 Å². The molecule has 0 spiro atoms. The highest BCUT2D eigenvalue weighted by molar-refractivity contribution is 4.86. The van der Waals surface area contributed by atoms with E-state index in [0.717, 1.165) is 19.3 Å². The third-order valence-electron chi connectivity index (χ3n) is 2.90. The Hall–Kier alpha value is -0.0800. The third kappa shape index (κ3) is 2.20. The predicted molar refractivity (Wildman–Crippen MR) is 48.8 cm³/mol. The van der Waals surface area contributed by atoms with E-state index < -0.39 is 0 Å². The van der Waals surface area contributed by atoms with Gasteiger partial charge in [0.1, 0.15) is 0 Å². The molecule has 2 heteroatoms. The summed E-state index contributed by atoms with van der Waals surface area (Å²) in [7, 11) is 0. The molecule has 0 radical (unpaired) electrons. The van der Waals surface area contributed by atoms with Crippen molar-refractivity contribution in [2.24, 2.45) is 11.3 Å². The van der Waals surface area contributed by atoms with Crippen LogP contribution in [0.4, 0.5) is 0 Å². The zero-order valence-electron chi connectivity index (χ0n) is 8.25.